The van der Waals surface area contributed by atoms with Crippen LogP contribution in [0.15, 0.2) is 47.3 Å². The Kier molecular flexibility index (Phi) is 4.37. The number of sulfone groups is 1. The lowest BCUT2D eigenvalue weighted by atomic mass is 9.99. The van der Waals surface area contributed by atoms with E-state index in [1.54, 1.807) is 31.4 Å². The van der Waals surface area contributed by atoms with Crippen LogP contribution in [0, 0.1) is 5.82 Å². The Morgan fingerprint density at radius 3 is 2.68 bits per heavy atom. The third-order valence-electron chi connectivity index (χ3n) is 5.67. The van der Waals surface area contributed by atoms with E-state index in [4.69, 9.17) is 4.74 Å². The van der Waals surface area contributed by atoms with Crippen molar-refractivity contribution in [2.24, 2.45) is 0 Å². The Bertz CT molecular complexity index is 1350. The number of nitrogens with one attached hydrogen (secondary N) is 1. The summed E-state index contributed by atoms with van der Waals surface area (Å²) in [6.07, 6.45) is 0.847. The summed E-state index contributed by atoms with van der Waals surface area (Å²) < 4.78 is 45.7. The van der Waals surface area contributed by atoms with E-state index in [-0.39, 0.29) is 23.0 Å². The van der Waals surface area contributed by atoms with Gasteiger partial charge in [0.2, 0.25) is 0 Å². The van der Waals surface area contributed by atoms with Crippen LogP contribution in [0.3, 0.4) is 0 Å². The van der Waals surface area contributed by atoms with Crippen LogP contribution in [0.4, 0.5) is 10.1 Å². The van der Waals surface area contributed by atoms with Crippen LogP contribution in [0.25, 0.3) is 22.6 Å². The van der Waals surface area contributed by atoms with Crippen molar-refractivity contribution in [2.45, 2.75) is 18.5 Å². The number of anilines is 1. The molecule has 2 aliphatic rings. The topological polar surface area (TPSA) is 103 Å². The van der Waals surface area contributed by atoms with Gasteiger partial charge in [-0.1, -0.05) is 0 Å². The highest BCUT2D eigenvalue weighted by atomic mass is 32.2. The summed E-state index contributed by atoms with van der Waals surface area (Å²) in [7, 11) is -1.84. The second kappa shape index (κ2) is 6.88. The number of benzene rings is 2. The van der Waals surface area contributed by atoms with Gasteiger partial charge in [-0.3, -0.25) is 4.79 Å². The summed E-state index contributed by atoms with van der Waals surface area (Å²) in [6.45, 7) is 0. The molecule has 1 aromatic heterocycles. The molecule has 0 aliphatic carbocycles. The zero-order valence-corrected chi connectivity index (χ0v) is 17.4. The maximum absolute atomic E-state index is 13.9. The standard InChI is InChI=1S/C21H19FN4O4S/c1-30-15-6-3-13(4-7-15)18-20(27)23-19-16-8-5-14(22)11-17(16)24-21(26(19)25-18)9-2-10-31(28,29)12-21/h3-8,11,24H,2,9-10,12H2,1H3/t21-/m0/s1. The first-order valence-electron chi connectivity index (χ1n) is 9.75. The molecular weight excluding hydrogens is 423 g/mol. The van der Waals surface area contributed by atoms with Crippen molar-refractivity contribution in [3.05, 3.63) is 58.6 Å². The smallest absolute Gasteiger partial charge is 0.300 e. The number of halogens is 1. The molecule has 1 fully saturated rings. The van der Waals surface area contributed by atoms with Gasteiger partial charge in [-0.15, -0.1) is 0 Å². The third kappa shape index (κ3) is 3.27. The Balaban J connectivity index is 1.76. The van der Waals surface area contributed by atoms with Gasteiger partial charge in [0.1, 0.15) is 17.2 Å². The van der Waals surface area contributed by atoms with Crippen molar-refractivity contribution in [1.82, 2.24) is 14.8 Å². The summed E-state index contributed by atoms with van der Waals surface area (Å²) in [6, 6.07) is 10.9. The number of fused-ring (bicyclic) bond motifs is 4. The van der Waals surface area contributed by atoms with Crippen LogP contribution >= 0.6 is 0 Å². The molecule has 31 heavy (non-hydrogen) atoms. The zero-order chi connectivity index (χ0) is 21.8. The number of methoxy groups -OCH3 is 1. The van der Waals surface area contributed by atoms with Gasteiger partial charge in [0, 0.05) is 16.8 Å². The molecule has 1 N–H and O–H groups in total. The van der Waals surface area contributed by atoms with Crippen molar-refractivity contribution in [1.29, 1.82) is 0 Å². The number of hydrogen-bond donors (Lipinski definition) is 1. The lowest BCUT2D eigenvalue weighted by Gasteiger charge is -2.43. The fourth-order valence-electron chi connectivity index (χ4n) is 4.27. The predicted molar refractivity (Wildman–Crippen MR) is 113 cm³/mol. The van der Waals surface area contributed by atoms with Crippen molar-refractivity contribution in [3.63, 3.8) is 0 Å². The van der Waals surface area contributed by atoms with Crippen LogP contribution in [0.2, 0.25) is 0 Å². The first-order chi connectivity index (χ1) is 14.8. The molecule has 3 aromatic rings. The third-order valence-corrected chi connectivity index (χ3v) is 7.50. The first kappa shape index (κ1) is 19.7. The van der Waals surface area contributed by atoms with Crippen LogP contribution in [-0.4, -0.2) is 41.8 Å². The Morgan fingerprint density at radius 2 is 1.97 bits per heavy atom. The summed E-state index contributed by atoms with van der Waals surface area (Å²) in [5.41, 5.74) is -0.200. The minimum Gasteiger partial charge on any atom is -0.497 e. The molecule has 8 nitrogen and oxygen atoms in total. The zero-order valence-electron chi connectivity index (χ0n) is 16.6. The Hall–Kier alpha value is -3.27. The second-order valence-electron chi connectivity index (χ2n) is 7.77. The van der Waals surface area contributed by atoms with Crippen molar-refractivity contribution >= 4 is 15.5 Å². The van der Waals surface area contributed by atoms with E-state index in [1.165, 1.54) is 22.9 Å². The molecule has 1 saturated heterocycles. The quantitative estimate of drug-likeness (QED) is 0.650. The lowest BCUT2D eigenvalue weighted by Crippen LogP contribution is -2.54. The minimum absolute atomic E-state index is 0.0702. The second-order valence-corrected chi connectivity index (χ2v) is 9.96. The van der Waals surface area contributed by atoms with Crippen LogP contribution in [-0.2, 0) is 15.5 Å². The SMILES string of the molecule is COc1ccc(-c2nn3c(nc2=O)-c2ccc(F)cc2N[C@@]32CCCS(=O)(=O)C2)cc1. The first-order valence-corrected chi connectivity index (χ1v) is 11.6. The molecule has 0 saturated carbocycles. The Morgan fingerprint density at radius 1 is 1.19 bits per heavy atom. The fourth-order valence-corrected chi connectivity index (χ4v) is 6.06. The van der Waals surface area contributed by atoms with Gasteiger partial charge in [-0.05, 0) is 55.3 Å². The van der Waals surface area contributed by atoms with E-state index in [0.29, 0.717) is 35.4 Å². The van der Waals surface area contributed by atoms with E-state index in [9.17, 15) is 17.6 Å². The van der Waals surface area contributed by atoms with Gasteiger partial charge in [0.25, 0.3) is 5.56 Å². The van der Waals surface area contributed by atoms with Gasteiger partial charge in [0.15, 0.2) is 21.4 Å². The fraction of sp³-hybridized carbons (Fsp3) is 0.286. The van der Waals surface area contributed by atoms with Gasteiger partial charge in [0.05, 0.1) is 18.6 Å². The lowest BCUT2D eigenvalue weighted by molar-refractivity contribution is 0.290. The molecule has 10 heteroatoms. The van der Waals surface area contributed by atoms with Crippen LogP contribution in [0.5, 0.6) is 5.75 Å². The molecule has 3 heterocycles. The number of hydrogen-bond acceptors (Lipinski definition) is 7. The minimum atomic E-state index is -3.38. The number of ether oxygens (including phenoxy) is 1. The van der Waals surface area contributed by atoms with Crippen LogP contribution < -0.4 is 15.6 Å². The van der Waals surface area contributed by atoms with Crippen molar-refractivity contribution in [3.8, 4) is 28.4 Å². The number of nitrogens with zero attached hydrogens (tertiary/aromatic N) is 3. The number of aromatic nitrogens is 3. The average Bonchev–Trinajstić information content (AvgIpc) is 2.72. The summed E-state index contributed by atoms with van der Waals surface area (Å²) >= 11 is 0. The molecule has 0 unspecified atom stereocenters. The molecule has 2 aromatic carbocycles. The Labute approximate surface area is 177 Å². The van der Waals surface area contributed by atoms with Gasteiger partial charge < -0.3 is 10.1 Å². The normalized spacial score (nSPS) is 21.1. The van der Waals surface area contributed by atoms with Gasteiger partial charge >= 0.3 is 0 Å². The van der Waals surface area contributed by atoms with E-state index >= 15 is 0 Å². The van der Waals surface area contributed by atoms with Crippen LogP contribution in [0.1, 0.15) is 12.8 Å². The van der Waals surface area contributed by atoms with Crippen molar-refractivity contribution < 1.29 is 17.5 Å². The van der Waals surface area contributed by atoms with Gasteiger partial charge in [-0.2, -0.15) is 10.1 Å². The molecule has 0 amide bonds. The van der Waals surface area contributed by atoms with Crippen molar-refractivity contribution in [2.75, 3.05) is 23.9 Å². The number of rotatable bonds is 2. The molecule has 1 spiro atoms. The highest BCUT2D eigenvalue weighted by molar-refractivity contribution is 7.91. The van der Waals surface area contributed by atoms with E-state index in [1.807, 2.05) is 0 Å². The van der Waals surface area contributed by atoms with E-state index in [2.05, 4.69) is 15.4 Å². The monoisotopic (exact) mass is 442 g/mol. The maximum Gasteiger partial charge on any atom is 0.300 e. The van der Waals surface area contributed by atoms with E-state index < -0.39 is 26.9 Å². The largest absolute Gasteiger partial charge is 0.497 e. The summed E-state index contributed by atoms with van der Waals surface area (Å²) in [4.78, 5) is 17.1. The highest BCUT2D eigenvalue weighted by Gasteiger charge is 2.46. The highest BCUT2D eigenvalue weighted by Crippen LogP contribution is 2.41. The predicted octanol–water partition coefficient (Wildman–Crippen LogP) is 2.41. The molecule has 1 atom stereocenters. The average molecular weight is 442 g/mol. The summed E-state index contributed by atoms with van der Waals surface area (Å²) in [5, 5.41) is 7.78. The summed E-state index contributed by atoms with van der Waals surface area (Å²) in [5.74, 6) is 0.206. The molecule has 0 radical (unpaired) electrons. The molecular formula is C21H19FN4O4S. The maximum atomic E-state index is 13.9. The molecule has 2 aliphatic heterocycles. The van der Waals surface area contributed by atoms with E-state index in [0.717, 1.165) is 0 Å². The molecule has 5 rings (SSSR count). The van der Waals surface area contributed by atoms with Gasteiger partial charge in [-0.25, -0.2) is 17.5 Å². The molecule has 160 valence electrons. The molecule has 0 bridgehead atoms.